The summed E-state index contributed by atoms with van der Waals surface area (Å²) in [6, 6.07) is 7.82. The van der Waals surface area contributed by atoms with E-state index in [0.29, 0.717) is 25.6 Å². The van der Waals surface area contributed by atoms with Gasteiger partial charge in [0.1, 0.15) is 5.75 Å². The second kappa shape index (κ2) is 10.0. The largest absolute Gasteiger partial charge is 0.483 e. The van der Waals surface area contributed by atoms with Gasteiger partial charge in [0.15, 0.2) is 6.61 Å². The van der Waals surface area contributed by atoms with E-state index in [1.165, 1.54) is 0 Å². The zero-order chi connectivity index (χ0) is 18.9. The second-order valence-electron chi connectivity index (χ2n) is 7.05. The Morgan fingerprint density at radius 1 is 1.23 bits per heavy atom. The summed E-state index contributed by atoms with van der Waals surface area (Å²) in [5.41, 5.74) is 1.09. The highest BCUT2D eigenvalue weighted by molar-refractivity contribution is 5.78. The molecule has 1 aromatic rings. The Balaban J connectivity index is 1.70. The molecule has 2 amide bonds. The van der Waals surface area contributed by atoms with Crippen molar-refractivity contribution in [3.63, 3.8) is 0 Å². The van der Waals surface area contributed by atoms with Crippen molar-refractivity contribution in [2.45, 2.75) is 46.1 Å². The van der Waals surface area contributed by atoms with Crippen LogP contribution in [0.1, 0.15) is 39.2 Å². The zero-order valence-corrected chi connectivity index (χ0v) is 16.0. The minimum Gasteiger partial charge on any atom is -0.483 e. The molecule has 1 aromatic carbocycles. The normalized spacial score (nSPS) is 15.0. The maximum absolute atomic E-state index is 12.1. The number of benzene rings is 1. The van der Waals surface area contributed by atoms with Crippen LogP contribution in [0.25, 0.3) is 0 Å². The van der Waals surface area contributed by atoms with Crippen molar-refractivity contribution >= 4 is 12.0 Å². The molecule has 0 aromatic heterocycles. The third-order valence-corrected chi connectivity index (χ3v) is 4.37. The molecule has 0 bridgehead atoms. The number of carbonyl (C=O) groups excluding carboxylic acids is 2. The van der Waals surface area contributed by atoms with E-state index in [4.69, 9.17) is 9.47 Å². The molecule has 144 valence electrons. The van der Waals surface area contributed by atoms with Crippen LogP contribution in [0.5, 0.6) is 5.75 Å². The molecular weight excluding hydrogens is 332 g/mol. The predicted molar refractivity (Wildman–Crippen MR) is 100 cm³/mol. The fraction of sp³-hybridized carbons (Fsp3) is 0.600. The van der Waals surface area contributed by atoms with E-state index in [1.54, 1.807) is 4.90 Å². The number of para-hydroxylation sites is 1. The van der Waals surface area contributed by atoms with Gasteiger partial charge in [-0.2, -0.15) is 0 Å². The van der Waals surface area contributed by atoms with Gasteiger partial charge in [0, 0.05) is 19.1 Å². The van der Waals surface area contributed by atoms with Crippen LogP contribution in [0, 0.1) is 5.92 Å². The predicted octanol–water partition coefficient (Wildman–Crippen LogP) is 3.00. The van der Waals surface area contributed by atoms with Crippen LogP contribution >= 0.6 is 0 Å². The van der Waals surface area contributed by atoms with Crippen LogP contribution in [-0.4, -0.2) is 49.2 Å². The van der Waals surface area contributed by atoms with E-state index in [0.717, 1.165) is 30.6 Å². The molecule has 0 spiro atoms. The Bertz CT molecular complexity index is 595. The van der Waals surface area contributed by atoms with Gasteiger partial charge in [0.25, 0.3) is 5.91 Å². The van der Waals surface area contributed by atoms with Gasteiger partial charge >= 0.3 is 6.09 Å². The molecule has 1 heterocycles. The summed E-state index contributed by atoms with van der Waals surface area (Å²) in [7, 11) is 0. The molecule has 1 saturated heterocycles. The number of piperidine rings is 1. The van der Waals surface area contributed by atoms with Gasteiger partial charge in [-0.3, -0.25) is 4.79 Å². The number of hydrogen-bond acceptors (Lipinski definition) is 4. The number of likely N-dealkylation sites (tertiary alicyclic amines) is 1. The number of aryl methyl sites for hydroxylation is 1. The lowest BCUT2D eigenvalue weighted by Gasteiger charge is -2.31. The molecule has 1 fully saturated rings. The minimum absolute atomic E-state index is 0.00760. The quantitative estimate of drug-likeness (QED) is 0.810. The fourth-order valence-electron chi connectivity index (χ4n) is 2.89. The SMILES string of the molecule is CCc1ccccc1OCC(=O)NC1CCN(C(=O)OCC(C)C)CC1. The Kier molecular flexibility index (Phi) is 7.75. The van der Waals surface area contributed by atoms with E-state index in [9.17, 15) is 9.59 Å². The highest BCUT2D eigenvalue weighted by atomic mass is 16.6. The monoisotopic (exact) mass is 362 g/mol. The average molecular weight is 362 g/mol. The van der Waals surface area contributed by atoms with Gasteiger partial charge in [0.05, 0.1) is 6.61 Å². The first kappa shape index (κ1) is 20.1. The number of carbonyl (C=O) groups is 2. The third-order valence-electron chi connectivity index (χ3n) is 4.37. The Morgan fingerprint density at radius 3 is 2.58 bits per heavy atom. The van der Waals surface area contributed by atoms with E-state index >= 15 is 0 Å². The number of nitrogens with zero attached hydrogens (tertiary/aromatic N) is 1. The minimum atomic E-state index is -0.261. The van der Waals surface area contributed by atoms with E-state index in [-0.39, 0.29) is 24.6 Å². The molecule has 0 unspecified atom stereocenters. The number of nitrogens with one attached hydrogen (secondary N) is 1. The molecule has 6 heteroatoms. The Morgan fingerprint density at radius 2 is 1.92 bits per heavy atom. The number of hydrogen-bond donors (Lipinski definition) is 1. The summed E-state index contributed by atoms with van der Waals surface area (Å²) in [6.45, 7) is 7.72. The summed E-state index contributed by atoms with van der Waals surface area (Å²) in [5, 5.41) is 2.99. The van der Waals surface area contributed by atoms with E-state index < -0.39 is 0 Å². The van der Waals surface area contributed by atoms with Gasteiger partial charge in [-0.05, 0) is 36.8 Å². The van der Waals surface area contributed by atoms with Gasteiger partial charge in [0.2, 0.25) is 0 Å². The molecule has 0 saturated carbocycles. The van der Waals surface area contributed by atoms with Crippen LogP contribution in [0.4, 0.5) is 4.79 Å². The molecule has 0 atom stereocenters. The summed E-state index contributed by atoms with van der Waals surface area (Å²) >= 11 is 0. The van der Waals surface area contributed by atoms with Crippen LogP contribution < -0.4 is 10.1 Å². The molecule has 1 aliphatic heterocycles. The first-order valence-corrected chi connectivity index (χ1v) is 9.41. The van der Waals surface area contributed by atoms with Crippen molar-refractivity contribution in [2.24, 2.45) is 5.92 Å². The van der Waals surface area contributed by atoms with Gasteiger partial charge in [-0.1, -0.05) is 39.0 Å². The van der Waals surface area contributed by atoms with Crippen LogP contribution in [0.2, 0.25) is 0 Å². The van der Waals surface area contributed by atoms with E-state index in [2.05, 4.69) is 12.2 Å². The molecule has 26 heavy (non-hydrogen) atoms. The maximum Gasteiger partial charge on any atom is 0.409 e. The maximum atomic E-state index is 12.1. The number of ether oxygens (including phenoxy) is 2. The van der Waals surface area contributed by atoms with Crippen LogP contribution in [0.15, 0.2) is 24.3 Å². The highest BCUT2D eigenvalue weighted by Gasteiger charge is 2.25. The third kappa shape index (κ3) is 6.24. The smallest absolute Gasteiger partial charge is 0.409 e. The lowest BCUT2D eigenvalue weighted by atomic mass is 10.1. The Labute approximate surface area is 155 Å². The fourth-order valence-corrected chi connectivity index (χ4v) is 2.89. The lowest BCUT2D eigenvalue weighted by molar-refractivity contribution is -0.124. The van der Waals surface area contributed by atoms with Crippen molar-refractivity contribution in [3.8, 4) is 5.75 Å². The molecule has 1 N–H and O–H groups in total. The first-order chi connectivity index (χ1) is 12.5. The summed E-state index contributed by atoms with van der Waals surface area (Å²) in [5.74, 6) is 0.957. The Hall–Kier alpha value is -2.24. The average Bonchev–Trinajstić information content (AvgIpc) is 2.65. The summed E-state index contributed by atoms with van der Waals surface area (Å²) < 4.78 is 10.9. The second-order valence-corrected chi connectivity index (χ2v) is 7.05. The van der Waals surface area contributed by atoms with Crippen molar-refractivity contribution in [2.75, 3.05) is 26.3 Å². The van der Waals surface area contributed by atoms with Gasteiger partial charge < -0.3 is 19.7 Å². The van der Waals surface area contributed by atoms with Crippen LogP contribution in [0.3, 0.4) is 0 Å². The summed E-state index contributed by atoms with van der Waals surface area (Å²) in [6.07, 6.45) is 2.06. The zero-order valence-electron chi connectivity index (χ0n) is 16.0. The van der Waals surface area contributed by atoms with Crippen molar-refractivity contribution in [1.82, 2.24) is 10.2 Å². The highest BCUT2D eigenvalue weighted by Crippen LogP contribution is 2.18. The van der Waals surface area contributed by atoms with Gasteiger partial charge in [-0.25, -0.2) is 4.79 Å². The first-order valence-electron chi connectivity index (χ1n) is 9.41. The molecule has 6 nitrogen and oxygen atoms in total. The molecule has 1 aliphatic rings. The van der Waals surface area contributed by atoms with Crippen molar-refractivity contribution in [3.05, 3.63) is 29.8 Å². The number of rotatable bonds is 7. The van der Waals surface area contributed by atoms with Crippen LogP contribution in [-0.2, 0) is 16.0 Å². The topological polar surface area (TPSA) is 67.9 Å². The summed E-state index contributed by atoms with van der Waals surface area (Å²) in [4.78, 5) is 25.8. The molecule has 0 radical (unpaired) electrons. The van der Waals surface area contributed by atoms with E-state index in [1.807, 2.05) is 38.1 Å². The molecule has 0 aliphatic carbocycles. The lowest BCUT2D eigenvalue weighted by Crippen LogP contribution is -2.47. The molecular formula is C20H30N2O4. The standard InChI is InChI=1S/C20H30N2O4/c1-4-16-7-5-6-8-18(16)25-14-19(23)21-17-9-11-22(12-10-17)20(24)26-13-15(2)3/h5-8,15,17H,4,9-14H2,1-3H3,(H,21,23). The van der Waals surface area contributed by atoms with Crippen molar-refractivity contribution in [1.29, 1.82) is 0 Å². The van der Waals surface area contributed by atoms with Crippen molar-refractivity contribution < 1.29 is 19.1 Å². The number of amides is 2. The molecule has 2 rings (SSSR count). The van der Waals surface area contributed by atoms with Gasteiger partial charge in [-0.15, -0.1) is 0 Å².